The van der Waals surface area contributed by atoms with Gasteiger partial charge in [0.2, 0.25) is 0 Å². The molecule has 0 bridgehead atoms. The lowest BCUT2D eigenvalue weighted by atomic mass is 10.2. The first-order valence-corrected chi connectivity index (χ1v) is 7.14. The van der Waals surface area contributed by atoms with Gasteiger partial charge in [-0.1, -0.05) is 25.4 Å². The first-order valence-electron chi connectivity index (χ1n) is 6.77. The molecule has 1 fully saturated rings. The van der Waals surface area contributed by atoms with Gasteiger partial charge in [0.1, 0.15) is 16.8 Å². The number of hydrogen-bond donors (Lipinski definition) is 0. The summed E-state index contributed by atoms with van der Waals surface area (Å²) in [7, 11) is 2.10. The number of aryl methyl sites for hydroxylation is 1. The molecule has 2 atom stereocenters. The molecule has 0 N–H and O–H groups in total. The van der Waals surface area contributed by atoms with Crippen molar-refractivity contribution in [2.75, 3.05) is 18.5 Å². The van der Waals surface area contributed by atoms with Crippen LogP contribution in [-0.4, -0.2) is 23.6 Å². The minimum atomic E-state index is 0.596. The van der Waals surface area contributed by atoms with Crippen LogP contribution < -0.4 is 4.90 Å². The highest BCUT2D eigenvalue weighted by atomic mass is 35.5. The Bertz CT molecular complexity index is 433. The summed E-state index contributed by atoms with van der Waals surface area (Å²) >= 11 is 6.20. The number of rotatable bonds is 5. The van der Waals surface area contributed by atoms with E-state index in [-0.39, 0.29) is 0 Å². The number of hydrogen-bond acceptors (Lipinski definition) is 3. The molecule has 4 heteroatoms. The summed E-state index contributed by atoms with van der Waals surface area (Å²) in [6.07, 6.45) is 3.27. The maximum atomic E-state index is 6.20. The average Bonchev–Trinajstić information content (AvgIpc) is 2.99. The van der Waals surface area contributed by atoms with Gasteiger partial charge in [0.15, 0.2) is 0 Å². The molecule has 3 nitrogen and oxygen atoms in total. The molecule has 1 aromatic heterocycles. The molecule has 2 unspecified atom stereocenters. The van der Waals surface area contributed by atoms with Crippen molar-refractivity contribution >= 4 is 17.4 Å². The largest absolute Gasteiger partial charge is 0.359 e. The van der Waals surface area contributed by atoms with Crippen LogP contribution in [0.15, 0.2) is 0 Å². The maximum absolute atomic E-state index is 6.20. The highest BCUT2D eigenvalue weighted by Crippen LogP contribution is 2.39. The van der Waals surface area contributed by atoms with Gasteiger partial charge in [-0.25, -0.2) is 9.97 Å². The molecule has 1 aliphatic carbocycles. The second-order valence-electron chi connectivity index (χ2n) is 5.48. The van der Waals surface area contributed by atoms with Crippen molar-refractivity contribution in [2.24, 2.45) is 11.8 Å². The lowest BCUT2D eigenvalue weighted by molar-refractivity contribution is 0.711. The summed E-state index contributed by atoms with van der Waals surface area (Å²) in [5.41, 5.74) is 0.993. The standard InChI is InChI=1S/C14H22ClN3/c1-5-6-12-16-13(15)10(3)14(17-12)18(4)8-11-7-9(11)2/h9,11H,5-8H2,1-4H3. The van der Waals surface area contributed by atoms with Crippen LogP contribution in [0.4, 0.5) is 5.82 Å². The third-order valence-corrected chi connectivity index (χ3v) is 4.09. The van der Waals surface area contributed by atoms with Gasteiger partial charge < -0.3 is 4.90 Å². The van der Waals surface area contributed by atoms with Gasteiger partial charge >= 0.3 is 0 Å². The average molecular weight is 268 g/mol. The van der Waals surface area contributed by atoms with E-state index in [0.717, 1.165) is 48.4 Å². The van der Waals surface area contributed by atoms with E-state index in [0.29, 0.717) is 5.15 Å². The Morgan fingerprint density at radius 2 is 2.06 bits per heavy atom. The minimum Gasteiger partial charge on any atom is -0.359 e. The SMILES string of the molecule is CCCc1nc(Cl)c(C)c(N(C)CC2CC2C)n1. The molecule has 0 aliphatic heterocycles. The summed E-state index contributed by atoms with van der Waals surface area (Å²) < 4.78 is 0. The lowest BCUT2D eigenvalue weighted by Gasteiger charge is -2.21. The first kappa shape index (κ1) is 13.6. The van der Waals surface area contributed by atoms with E-state index in [2.05, 4.69) is 35.8 Å². The van der Waals surface area contributed by atoms with Crippen molar-refractivity contribution in [1.29, 1.82) is 0 Å². The first-order chi connectivity index (χ1) is 8.52. The van der Waals surface area contributed by atoms with Gasteiger partial charge in [0.25, 0.3) is 0 Å². The van der Waals surface area contributed by atoms with Gasteiger partial charge in [-0.05, 0) is 31.6 Å². The van der Waals surface area contributed by atoms with E-state index in [1.54, 1.807) is 0 Å². The van der Waals surface area contributed by atoms with Crippen molar-refractivity contribution in [3.05, 3.63) is 16.5 Å². The van der Waals surface area contributed by atoms with Gasteiger partial charge in [0, 0.05) is 25.6 Å². The molecule has 100 valence electrons. The molecule has 0 saturated heterocycles. The molecular formula is C14H22ClN3. The molecule has 1 aliphatic rings. The molecule has 0 aromatic carbocycles. The quantitative estimate of drug-likeness (QED) is 0.765. The number of anilines is 1. The second kappa shape index (κ2) is 5.43. The van der Waals surface area contributed by atoms with Gasteiger partial charge in [0.05, 0.1) is 0 Å². The van der Waals surface area contributed by atoms with Crippen LogP contribution in [0.3, 0.4) is 0 Å². The molecule has 0 spiro atoms. The van der Waals surface area contributed by atoms with E-state index in [1.165, 1.54) is 6.42 Å². The van der Waals surface area contributed by atoms with Crippen LogP contribution in [0.1, 0.15) is 38.1 Å². The molecule has 0 amide bonds. The Labute approximate surface area is 115 Å². The van der Waals surface area contributed by atoms with Crippen LogP contribution in [0.5, 0.6) is 0 Å². The fourth-order valence-electron chi connectivity index (χ4n) is 2.32. The molecular weight excluding hydrogens is 246 g/mol. The fraction of sp³-hybridized carbons (Fsp3) is 0.714. The highest BCUT2D eigenvalue weighted by molar-refractivity contribution is 6.30. The predicted octanol–water partition coefficient (Wildman–Crippen LogP) is 3.48. The molecule has 18 heavy (non-hydrogen) atoms. The van der Waals surface area contributed by atoms with Crippen LogP contribution >= 0.6 is 11.6 Å². The molecule has 0 radical (unpaired) electrons. The predicted molar refractivity (Wildman–Crippen MR) is 76.3 cm³/mol. The van der Waals surface area contributed by atoms with E-state index in [1.807, 2.05) is 6.92 Å². The van der Waals surface area contributed by atoms with Crippen molar-refractivity contribution in [3.63, 3.8) is 0 Å². The number of halogens is 1. The van der Waals surface area contributed by atoms with E-state index >= 15 is 0 Å². The minimum absolute atomic E-state index is 0.596. The Kier molecular flexibility index (Phi) is 4.10. The van der Waals surface area contributed by atoms with Crippen LogP contribution in [0.2, 0.25) is 5.15 Å². The molecule has 1 aromatic rings. The second-order valence-corrected chi connectivity index (χ2v) is 5.84. The van der Waals surface area contributed by atoms with Crippen molar-refractivity contribution in [1.82, 2.24) is 9.97 Å². The van der Waals surface area contributed by atoms with Gasteiger partial charge in [-0.15, -0.1) is 0 Å². The molecule has 2 rings (SSSR count). The Morgan fingerprint density at radius 3 is 2.61 bits per heavy atom. The van der Waals surface area contributed by atoms with Crippen molar-refractivity contribution < 1.29 is 0 Å². The zero-order valence-electron chi connectivity index (χ0n) is 11.7. The summed E-state index contributed by atoms with van der Waals surface area (Å²) in [6, 6.07) is 0. The van der Waals surface area contributed by atoms with Crippen molar-refractivity contribution in [2.45, 2.75) is 40.0 Å². The monoisotopic (exact) mass is 267 g/mol. The zero-order valence-corrected chi connectivity index (χ0v) is 12.5. The third kappa shape index (κ3) is 2.94. The summed E-state index contributed by atoms with van der Waals surface area (Å²) in [5.74, 6) is 3.54. The van der Waals surface area contributed by atoms with E-state index < -0.39 is 0 Å². The van der Waals surface area contributed by atoms with Crippen LogP contribution in [0.25, 0.3) is 0 Å². The van der Waals surface area contributed by atoms with E-state index in [4.69, 9.17) is 11.6 Å². The summed E-state index contributed by atoms with van der Waals surface area (Å²) in [5, 5.41) is 0.596. The molecule has 1 heterocycles. The topological polar surface area (TPSA) is 29.0 Å². The number of aromatic nitrogens is 2. The third-order valence-electron chi connectivity index (χ3n) is 3.73. The van der Waals surface area contributed by atoms with E-state index in [9.17, 15) is 0 Å². The molecule has 1 saturated carbocycles. The van der Waals surface area contributed by atoms with Crippen LogP contribution in [-0.2, 0) is 6.42 Å². The zero-order chi connectivity index (χ0) is 13.3. The Morgan fingerprint density at radius 1 is 1.39 bits per heavy atom. The maximum Gasteiger partial charge on any atom is 0.137 e. The summed E-state index contributed by atoms with van der Waals surface area (Å²) in [4.78, 5) is 11.2. The van der Waals surface area contributed by atoms with Gasteiger partial charge in [-0.3, -0.25) is 0 Å². The summed E-state index contributed by atoms with van der Waals surface area (Å²) in [6.45, 7) is 7.51. The Hall–Kier alpha value is -0.830. The normalized spacial score (nSPS) is 22.1. The van der Waals surface area contributed by atoms with Crippen molar-refractivity contribution in [3.8, 4) is 0 Å². The smallest absolute Gasteiger partial charge is 0.137 e. The Balaban J connectivity index is 2.18. The van der Waals surface area contributed by atoms with Crippen LogP contribution in [0, 0.1) is 18.8 Å². The lowest BCUT2D eigenvalue weighted by Crippen LogP contribution is -2.23. The highest BCUT2D eigenvalue weighted by Gasteiger charge is 2.33. The number of nitrogens with zero attached hydrogens (tertiary/aromatic N) is 3. The fourth-order valence-corrected chi connectivity index (χ4v) is 2.50. The van der Waals surface area contributed by atoms with Gasteiger partial charge in [-0.2, -0.15) is 0 Å².